The Morgan fingerprint density at radius 1 is 1.14 bits per heavy atom. The Balaban J connectivity index is 1.77. The first-order valence-corrected chi connectivity index (χ1v) is 7.04. The lowest BCUT2D eigenvalue weighted by Crippen LogP contribution is -2.31. The predicted octanol–water partition coefficient (Wildman–Crippen LogP) is 0.572. The number of hydrogen-bond donors (Lipinski definition) is 2. The smallest absolute Gasteiger partial charge is 0.241 e. The fraction of sp³-hybridized carbons (Fsp3) is 0.429. The van der Waals surface area contributed by atoms with Gasteiger partial charge in [-0.3, -0.25) is 0 Å². The fourth-order valence-corrected chi connectivity index (χ4v) is 2.73. The van der Waals surface area contributed by atoms with Crippen molar-refractivity contribution in [3.8, 4) is 5.69 Å². The average Bonchev–Trinajstić information content (AvgIpc) is 3.06. The number of nitrogens with zero attached hydrogens (tertiary/aromatic N) is 5. The van der Waals surface area contributed by atoms with Crippen LogP contribution in [0.15, 0.2) is 24.3 Å². The molecule has 21 heavy (non-hydrogen) atoms. The third kappa shape index (κ3) is 2.64. The molecule has 1 aromatic heterocycles. The molecule has 1 unspecified atom stereocenters. The van der Waals surface area contributed by atoms with Crippen molar-refractivity contribution in [2.75, 3.05) is 43.6 Å². The Kier molecular flexibility index (Phi) is 3.42. The second-order valence-electron chi connectivity index (χ2n) is 5.61. The zero-order valence-corrected chi connectivity index (χ0v) is 12.4. The Morgan fingerprint density at radius 2 is 1.81 bits per heavy atom. The second-order valence-corrected chi connectivity index (χ2v) is 5.61. The molecule has 1 aliphatic rings. The number of benzene rings is 1. The summed E-state index contributed by atoms with van der Waals surface area (Å²) in [5.74, 6) is 0.485. The molecule has 0 saturated carbocycles. The minimum absolute atomic E-state index is 0.185. The molecule has 0 radical (unpaired) electrons. The third-order valence-corrected chi connectivity index (χ3v) is 4.00. The molecule has 4 N–H and O–H groups in total. The molecule has 3 rings (SSSR count). The highest BCUT2D eigenvalue weighted by Crippen LogP contribution is 2.24. The molecular formula is C14H21N7. The first kappa shape index (κ1) is 13.7. The predicted molar refractivity (Wildman–Crippen MR) is 84.5 cm³/mol. The summed E-state index contributed by atoms with van der Waals surface area (Å²) in [4.78, 5) is 8.59. The number of aromatic nitrogens is 3. The van der Waals surface area contributed by atoms with Crippen LogP contribution >= 0.6 is 0 Å². The summed E-state index contributed by atoms with van der Waals surface area (Å²) in [5, 5.41) is 4.08. The quantitative estimate of drug-likeness (QED) is 0.858. The molecule has 2 heterocycles. The average molecular weight is 287 g/mol. The second kappa shape index (κ2) is 5.25. The highest BCUT2D eigenvalue weighted by Gasteiger charge is 2.24. The molecular weight excluding hydrogens is 266 g/mol. The number of nitrogen functional groups attached to an aromatic ring is 2. The van der Waals surface area contributed by atoms with Crippen LogP contribution in [0.25, 0.3) is 5.69 Å². The van der Waals surface area contributed by atoms with Crippen LogP contribution in [0.5, 0.6) is 0 Å². The summed E-state index contributed by atoms with van der Waals surface area (Å²) in [5.41, 5.74) is 13.4. The number of hydrogen-bond acceptors (Lipinski definition) is 6. The van der Waals surface area contributed by atoms with E-state index in [9.17, 15) is 0 Å². The maximum Gasteiger partial charge on any atom is 0.241 e. The summed E-state index contributed by atoms with van der Waals surface area (Å²) >= 11 is 0. The molecule has 2 aromatic rings. The van der Waals surface area contributed by atoms with E-state index in [0.29, 0.717) is 12.0 Å². The SMILES string of the molecule is CN(C)C1CCN(c2ccc(-n3nc(N)nc3N)cc2)C1. The molecule has 1 atom stereocenters. The van der Waals surface area contributed by atoms with Gasteiger partial charge in [0, 0.05) is 24.8 Å². The third-order valence-electron chi connectivity index (χ3n) is 4.00. The lowest BCUT2D eigenvalue weighted by molar-refractivity contribution is 0.315. The van der Waals surface area contributed by atoms with Crippen LogP contribution in [-0.2, 0) is 0 Å². The van der Waals surface area contributed by atoms with Gasteiger partial charge in [0.05, 0.1) is 5.69 Å². The number of anilines is 3. The fourth-order valence-electron chi connectivity index (χ4n) is 2.73. The Hall–Kier alpha value is -2.28. The zero-order chi connectivity index (χ0) is 15.0. The first-order valence-electron chi connectivity index (χ1n) is 7.04. The van der Waals surface area contributed by atoms with Crippen LogP contribution in [0, 0.1) is 0 Å². The normalized spacial score (nSPS) is 18.6. The molecule has 112 valence electrons. The molecule has 1 fully saturated rings. The monoisotopic (exact) mass is 287 g/mol. The van der Waals surface area contributed by atoms with Gasteiger partial charge in [-0.15, -0.1) is 5.10 Å². The van der Waals surface area contributed by atoms with Gasteiger partial charge in [-0.1, -0.05) is 0 Å². The van der Waals surface area contributed by atoms with Gasteiger partial charge in [0.2, 0.25) is 11.9 Å². The minimum Gasteiger partial charge on any atom is -0.370 e. The molecule has 0 spiro atoms. The van der Waals surface area contributed by atoms with E-state index in [-0.39, 0.29) is 5.95 Å². The van der Waals surface area contributed by atoms with Crippen LogP contribution in [0.4, 0.5) is 17.6 Å². The van der Waals surface area contributed by atoms with Gasteiger partial charge < -0.3 is 21.3 Å². The van der Waals surface area contributed by atoms with Crippen molar-refractivity contribution in [3.63, 3.8) is 0 Å². The van der Waals surface area contributed by atoms with Crippen molar-refractivity contribution in [1.29, 1.82) is 0 Å². The summed E-state index contributed by atoms with van der Waals surface area (Å²) < 4.78 is 1.55. The van der Waals surface area contributed by atoms with Crippen molar-refractivity contribution >= 4 is 17.6 Å². The Bertz CT molecular complexity index is 617. The molecule has 1 saturated heterocycles. The highest BCUT2D eigenvalue weighted by molar-refractivity contribution is 5.53. The lowest BCUT2D eigenvalue weighted by atomic mass is 10.2. The molecule has 0 aliphatic carbocycles. The van der Waals surface area contributed by atoms with E-state index in [1.807, 2.05) is 12.1 Å². The van der Waals surface area contributed by atoms with Gasteiger partial charge >= 0.3 is 0 Å². The lowest BCUT2D eigenvalue weighted by Gasteiger charge is -2.22. The van der Waals surface area contributed by atoms with Crippen LogP contribution in [0.1, 0.15) is 6.42 Å². The van der Waals surface area contributed by atoms with Crippen molar-refractivity contribution in [2.45, 2.75) is 12.5 Å². The largest absolute Gasteiger partial charge is 0.370 e. The standard InChI is InChI=1S/C14H21N7/c1-19(2)12-7-8-20(9-12)10-3-5-11(6-4-10)21-14(16)17-13(15)18-21/h3-6,12H,7-9H2,1-2H3,(H4,15,16,17,18). The van der Waals surface area contributed by atoms with E-state index in [1.165, 1.54) is 12.1 Å². The molecule has 7 nitrogen and oxygen atoms in total. The van der Waals surface area contributed by atoms with E-state index in [2.05, 4.69) is 46.1 Å². The Labute approximate surface area is 124 Å². The summed E-state index contributed by atoms with van der Waals surface area (Å²) in [6, 6.07) is 8.77. The van der Waals surface area contributed by atoms with E-state index in [4.69, 9.17) is 11.5 Å². The number of nitrogens with two attached hydrogens (primary N) is 2. The maximum absolute atomic E-state index is 5.78. The van der Waals surface area contributed by atoms with Crippen molar-refractivity contribution < 1.29 is 0 Å². The van der Waals surface area contributed by atoms with Crippen molar-refractivity contribution in [1.82, 2.24) is 19.7 Å². The summed E-state index contributed by atoms with van der Waals surface area (Å²) in [7, 11) is 4.27. The van der Waals surface area contributed by atoms with Gasteiger partial charge in [0.1, 0.15) is 0 Å². The van der Waals surface area contributed by atoms with Gasteiger partial charge in [-0.2, -0.15) is 9.67 Å². The molecule has 1 aromatic carbocycles. The minimum atomic E-state index is 0.185. The van der Waals surface area contributed by atoms with Gasteiger partial charge in [-0.05, 0) is 44.8 Å². The first-order chi connectivity index (χ1) is 10.0. The van der Waals surface area contributed by atoms with Crippen LogP contribution in [0.2, 0.25) is 0 Å². The zero-order valence-electron chi connectivity index (χ0n) is 12.4. The van der Waals surface area contributed by atoms with Crippen LogP contribution in [-0.4, -0.2) is 52.9 Å². The van der Waals surface area contributed by atoms with Gasteiger partial charge in [0.15, 0.2) is 0 Å². The van der Waals surface area contributed by atoms with Crippen LogP contribution in [0.3, 0.4) is 0 Å². The number of rotatable bonds is 3. The van der Waals surface area contributed by atoms with E-state index in [0.717, 1.165) is 18.8 Å². The van der Waals surface area contributed by atoms with Crippen molar-refractivity contribution in [3.05, 3.63) is 24.3 Å². The van der Waals surface area contributed by atoms with E-state index >= 15 is 0 Å². The number of likely N-dealkylation sites (N-methyl/N-ethyl adjacent to an activating group) is 1. The molecule has 1 aliphatic heterocycles. The van der Waals surface area contributed by atoms with Gasteiger partial charge in [-0.25, -0.2) is 0 Å². The Morgan fingerprint density at radius 3 is 2.33 bits per heavy atom. The van der Waals surface area contributed by atoms with Gasteiger partial charge in [0.25, 0.3) is 0 Å². The molecule has 0 amide bonds. The van der Waals surface area contributed by atoms with Crippen molar-refractivity contribution in [2.24, 2.45) is 0 Å². The van der Waals surface area contributed by atoms with E-state index in [1.54, 1.807) is 4.68 Å². The van der Waals surface area contributed by atoms with Crippen LogP contribution < -0.4 is 16.4 Å². The summed E-state index contributed by atoms with van der Waals surface area (Å²) in [6.45, 7) is 2.14. The molecule has 0 bridgehead atoms. The maximum atomic E-state index is 5.78. The molecule has 7 heteroatoms. The van der Waals surface area contributed by atoms with E-state index < -0.39 is 0 Å². The highest BCUT2D eigenvalue weighted by atomic mass is 15.4. The summed E-state index contributed by atoms with van der Waals surface area (Å²) in [6.07, 6.45) is 1.20. The topological polar surface area (TPSA) is 89.2 Å².